The summed E-state index contributed by atoms with van der Waals surface area (Å²) in [5.74, 6) is 1.27. The number of rotatable bonds is 8. The lowest BCUT2D eigenvalue weighted by Crippen LogP contribution is -2.20. The topological polar surface area (TPSA) is 110 Å². The number of hydrogen-bond acceptors (Lipinski definition) is 6. The number of anilines is 2. The number of carbonyl (C=O) groups excluding carboxylic acids is 1. The SMILES string of the molecule is Cc1cc(NS(=O)(=O)c2ccc(NC(=O)COc3ccccc3C(C)C)cc2)nc(C)n1. The Labute approximate surface area is 188 Å². The highest BCUT2D eigenvalue weighted by atomic mass is 32.2. The number of carbonyl (C=O) groups is 1. The lowest BCUT2D eigenvalue weighted by Gasteiger charge is -2.14. The van der Waals surface area contributed by atoms with Crippen molar-refractivity contribution < 1.29 is 17.9 Å². The first-order chi connectivity index (χ1) is 15.1. The molecule has 0 saturated heterocycles. The van der Waals surface area contributed by atoms with Crippen LogP contribution in [0.2, 0.25) is 0 Å². The Bertz CT molecular complexity index is 1190. The predicted octanol–water partition coefficient (Wildman–Crippen LogP) is 4.04. The molecule has 2 N–H and O–H groups in total. The van der Waals surface area contributed by atoms with E-state index >= 15 is 0 Å². The molecule has 2 aromatic carbocycles. The highest BCUT2D eigenvalue weighted by molar-refractivity contribution is 7.92. The Hall–Kier alpha value is -3.46. The minimum atomic E-state index is -3.83. The Morgan fingerprint density at radius 2 is 1.72 bits per heavy atom. The van der Waals surface area contributed by atoms with E-state index in [1.54, 1.807) is 19.9 Å². The molecular formula is C23H26N4O4S. The van der Waals surface area contributed by atoms with Gasteiger partial charge in [-0.1, -0.05) is 32.0 Å². The third kappa shape index (κ3) is 6.04. The summed E-state index contributed by atoms with van der Waals surface area (Å²) in [6.07, 6.45) is 0. The van der Waals surface area contributed by atoms with Gasteiger partial charge in [0.15, 0.2) is 6.61 Å². The number of sulfonamides is 1. The maximum Gasteiger partial charge on any atom is 0.263 e. The second-order valence-corrected chi connectivity index (χ2v) is 9.28. The van der Waals surface area contributed by atoms with Crippen molar-refractivity contribution >= 4 is 27.4 Å². The maximum absolute atomic E-state index is 12.6. The number of nitrogens with one attached hydrogen (secondary N) is 2. The zero-order chi connectivity index (χ0) is 23.3. The van der Waals surface area contributed by atoms with Crippen LogP contribution in [0.5, 0.6) is 5.75 Å². The smallest absolute Gasteiger partial charge is 0.263 e. The summed E-state index contributed by atoms with van der Waals surface area (Å²) in [6.45, 7) is 7.40. The molecule has 9 heteroatoms. The number of hydrogen-bond donors (Lipinski definition) is 2. The quantitative estimate of drug-likeness (QED) is 0.532. The van der Waals surface area contributed by atoms with E-state index in [4.69, 9.17) is 4.74 Å². The van der Waals surface area contributed by atoms with Crippen LogP contribution in [0.3, 0.4) is 0 Å². The van der Waals surface area contributed by atoms with Crippen molar-refractivity contribution in [3.63, 3.8) is 0 Å². The van der Waals surface area contributed by atoms with Crippen LogP contribution in [0.25, 0.3) is 0 Å². The molecule has 0 aliphatic heterocycles. The first-order valence-electron chi connectivity index (χ1n) is 10.1. The van der Waals surface area contributed by atoms with E-state index in [-0.39, 0.29) is 29.1 Å². The number of para-hydroxylation sites is 1. The molecule has 1 aromatic heterocycles. The van der Waals surface area contributed by atoms with Crippen LogP contribution in [0.4, 0.5) is 11.5 Å². The van der Waals surface area contributed by atoms with Crippen LogP contribution in [0.1, 0.15) is 36.8 Å². The second-order valence-electron chi connectivity index (χ2n) is 7.60. The molecule has 3 rings (SSSR count). The van der Waals surface area contributed by atoms with Crippen molar-refractivity contribution in [2.75, 3.05) is 16.6 Å². The molecule has 8 nitrogen and oxygen atoms in total. The molecule has 0 aliphatic carbocycles. The van der Waals surface area contributed by atoms with Gasteiger partial charge in [0.05, 0.1) is 4.90 Å². The van der Waals surface area contributed by atoms with Crippen LogP contribution in [-0.2, 0) is 14.8 Å². The van der Waals surface area contributed by atoms with E-state index in [1.807, 2.05) is 24.3 Å². The summed E-state index contributed by atoms with van der Waals surface area (Å²) >= 11 is 0. The van der Waals surface area contributed by atoms with Crippen LogP contribution in [0, 0.1) is 13.8 Å². The summed E-state index contributed by atoms with van der Waals surface area (Å²) in [5.41, 5.74) is 2.14. The summed E-state index contributed by atoms with van der Waals surface area (Å²) in [4.78, 5) is 20.5. The number of aromatic nitrogens is 2. The van der Waals surface area contributed by atoms with Gasteiger partial charge >= 0.3 is 0 Å². The molecule has 168 valence electrons. The molecule has 0 radical (unpaired) electrons. The van der Waals surface area contributed by atoms with Gasteiger partial charge in [-0.2, -0.15) is 0 Å². The van der Waals surface area contributed by atoms with Gasteiger partial charge < -0.3 is 10.1 Å². The van der Waals surface area contributed by atoms with Gasteiger partial charge in [-0.15, -0.1) is 0 Å². The number of aryl methyl sites for hydroxylation is 2. The van der Waals surface area contributed by atoms with E-state index in [0.29, 0.717) is 23.0 Å². The highest BCUT2D eigenvalue weighted by Crippen LogP contribution is 2.26. The molecule has 3 aromatic rings. The third-order valence-corrected chi connectivity index (χ3v) is 5.92. The number of nitrogens with zero attached hydrogens (tertiary/aromatic N) is 2. The van der Waals surface area contributed by atoms with Gasteiger partial charge in [-0.3, -0.25) is 9.52 Å². The molecule has 32 heavy (non-hydrogen) atoms. The van der Waals surface area contributed by atoms with E-state index in [1.165, 1.54) is 24.3 Å². The molecule has 0 aliphatic rings. The highest BCUT2D eigenvalue weighted by Gasteiger charge is 2.16. The van der Waals surface area contributed by atoms with Crippen LogP contribution in [-0.4, -0.2) is 30.9 Å². The van der Waals surface area contributed by atoms with Crippen molar-refractivity contribution in [1.82, 2.24) is 9.97 Å². The molecule has 0 fully saturated rings. The van der Waals surface area contributed by atoms with E-state index in [2.05, 4.69) is 33.9 Å². The lowest BCUT2D eigenvalue weighted by molar-refractivity contribution is -0.118. The Kier molecular flexibility index (Phi) is 7.09. The molecule has 0 bridgehead atoms. The van der Waals surface area contributed by atoms with Crippen molar-refractivity contribution in [3.05, 3.63) is 71.7 Å². The van der Waals surface area contributed by atoms with Gasteiger partial charge in [-0.05, 0) is 55.7 Å². The van der Waals surface area contributed by atoms with Crippen LogP contribution < -0.4 is 14.8 Å². The van der Waals surface area contributed by atoms with Crippen molar-refractivity contribution in [3.8, 4) is 5.75 Å². The van der Waals surface area contributed by atoms with E-state index < -0.39 is 10.0 Å². The fourth-order valence-corrected chi connectivity index (χ4v) is 4.10. The summed E-state index contributed by atoms with van der Waals surface area (Å²) in [7, 11) is -3.83. The molecule has 0 unspecified atom stereocenters. The number of amides is 1. The fraction of sp³-hybridized carbons (Fsp3) is 0.261. The summed E-state index contributed by atoms with van der Waals surface area (Å²) < 4.78 is 33.4. The minimum absolute atomic E-state index is 0.0477. The zero-order valence-corrected chi connectivity index (χ0v) is 19.2. The zero-order valence-electron chi connectivity index (χ0n) is 18.4. The Morgan fingerprint density at radius 3 is 2.38 bits per heavy atom. The number of ether oxygens (including phenoxy) is 1. The molecule has 0 spiro atoms. The predicted molar refractivity (Wildman–Crippen MR) is 123 cm³/mol. The monoisotopic (exact) mass is 454 g/mol. The first-order valence-corrected chi connectivity index (χ1v) is 11.6. The number of benzene rings is 2. The van der Waals surface area contributed by atoms with Crippen molar-refractivity contribution in [2.24, 2.45) is 0 Å². The average molecular weight is 455 g/mol. The molecule has 1 amide bonds. The van der Waals surface area contributed by atoms with Gasteiger partial charge in [0, 0.05) is 17.4 Å². The van der Waals surface area contributed by atoms with Gasteiger partial charge in [0.2, 0.25) is 0 Å². The minimum Gasteiger partial charge on any atom is -0.483 e. The van der Waals surface area contributed by atoms with Crippen molar-refractivity contribution in [1.29, 1.82) is 0 Å². The molecule has 0 saturated carbocycles. The average Bonchev–Trinajstić information content (AvgIpc) is 2.71. The van der Waals surface area contributed by atoms with Gasteiger partial charge in [-0.25, -0.2) is 18.4 Å². The molecule has 1 heterocycles. The molecule has 0 atom stereocenters. The van der Waals surface area contributed by atoms with Gasteiger partial charge in [0.25, 0.3) is 15.9 Å². The normalized spacial score (nSPS) is 11.3. The Balaban J connectivity index is 1.62. The third-order valence-electron chi connectivity index (χ3n) is 4.55. The maximum atomic E-state index is 12.6. The van der Waals surface area contributed by atoms with E-state index in [0.717, 1.165) is 5.56 Å². The molecular weight excluding hydrogens is 428 g/mol. The summed E-state index contributed by atoms with van der Waals surface area (Å²) in [5, 5.41) is 2.70. The van der Waals surface area contributed by atoms with E-state index in [9.17, 15) is 13.2 Å². The lowest BCUT2D eigenvalue weighted by atomic mass is 10.0. The largest absolute Gasteiger partial charge is 0.483 e. The Morgan fingerprint density at radius 1 is 1.03 bits per heavy atom. The van der Waals surface area contributed by atoms with Crippen molar-refractivity contribution in [2.45, 2.75) is 38.5 Å². The summed E-state index contributed by atoms with van der Waals surface area (Å²) in [6, 6.07) is 15.0. The van der Waals surface area contributed by atoms with Crippen LogP contribution in [0.15, 0.2) is 59.5 Å². The van der Waals surface area contributed by atoms with Gasteiger partial charge in [0.1, 0.15) is 17.4 Å². The first kappa shape index (κ1) is 23.2. The fourth-order valence-electron chi connectivity index (χ4n) is 3.11. The second kappa shape index (κ2) is 9.78. The standard InChI is InChI=1S/C23H26N4O4S/c1-15(2)20-7-5-6-8-21(20)31-14-23(28)26-18-9-11-19(12-10-18)32(29,30)27-22-13-16(3)24-17(4)25-22/h5-13,15H,14H2,1-4H3,(H,26,28)(H,24,25,27). The van der Waals surface area contributed by atoms with Crippen LogP contribution >= 0.6 is 0 Å².